The number of aromatic nitrogens is 3. The van der Waals surface area contributed by atoms with Gasteiger partial charge >= 0.3 is 0 Å². The molecule has 0 aromatic carbocycles. The maximum Gasteiger partial charge on any atom is 0.189 e. The summed E-state index contributed by atoms with van der Waals surface area (Å²) in [5.41, 5.74) is 4.26. The lowest BCUT2D eigenvalue weighted by Gasteiger charge is -2.33. The second kappa shape index (κ2) is 9.85. The average molecular weight is 505 g/mol. The lowest BCUT2D eigenvalue weighted by Crippen LogP contribution is -2.37. The van der Waals surface area contributed by atoms with Crippen molar-refractivity contribution in [3.8, 4) is 0 Å². The van der Waals surface area contributed by atoms with Crippen molar-refractivity contribution >= 4 is 49.3 Å². The molecule has 0 unspecified atom stereocenters. The first-order valence-electron chi connectivity index (χ1n) is 11.9. The Hall–Kier alpha value is -1.52. The average Bonchev–Trinajstić information content (AvgIpc) is 3.08. The first-order chi connectivity index (χ1) is 16.0. The molecule has 0 fully saturated rings. The second-order valence-electron chi connectivity index (χ2n) is 10.4. The molecule has 7 nitrogen and oxygen atoms in total. The third kappa shape index (κ3) is 5.18. The quantitative estimate of drug-likeness (QED) is 0.340. The number of pyridine rings is 1. The Labute approximate surface area is 210 Å². The van der Waals surface area contributed by atoms with Crippen molar-refractivity contribution in [2.75, 3.05) is 24.2 Å². The van der Waals surface area contributed by atoms with E-state index in [1.54, 1.807) is 25.2 Å². The summed E-state index contributed by atoms with van der Waals surface area (Å²) in [6.07, 6.45) is 2.56. The number of rotatable bonds is 8. The molecule has 1 aliphatic rings. The van der Waals surface area contributed by atoms with Gasteiger partial charge in [0.25, 0.3) is 0 Å². The maximum absolute atomic E-state index is 10.2. The molecule has 0 amide bonds. The number of anilines is 1. The molecule has 0 bridgehead atoms. The van der Waals surface area contributed by atoms with Crippen LogP contribution in [0.2, 0.25) is 0 Å². The summed E-state index contributed by atoms with van der Waals surface area (Å²) in [6.45, 7) is 13.5. The lowest BCUT2D eigenvalue weighted by molar-refractivity contribution is -0.0402. The maximum atomic E-state index is 10.2. The molecule has 186 valence electrons. The predicted octanol–water partition coefficient (Wildman–Crippen LogP) is 4.58. The fourth-order valence-corrected chi connectivity index (χ4v) is 6.20. The number of fused-ring (bicyclic) bond motifs is 5. The molecule has 0 saturated carbocycles. The van der Waals surface area contributed by atoms with Gasteiger partial charge in [-0.05, 0) is 51.9 Å². The predicted molar refractivity (Wildman–Crippen MR) is 141 cm³/mol. The van der Waals surface area contributed by atoms with Crippen molar-refractivity contribution in [1.29, 1.82) is 0 Å². The Morgan fingerprint density at radius 1 is 1.06 bits per heavy atom. The summed E-state index contributed by atoms with van der Waals surface area (Å²) in [5, 5.41) is 22.1. The van der Waals surface area contributed by atoms with E-state index < -0.39 is 12.2 Å². The Balaban J connectivity index is 2.03. The van der Waals surface area contributed by atoms with E-state index in [2.05, 4.69) is 27.7 Å². The molecule has 9 heteroatoms. The molecule has 2 N–H and O–H groups in total. The topological polar surface area (TPSA) is 91.6 Å². The van der Waals surface area contributed by atoms with Crippen molar-refractivity contribution < 1.29 is 14.9 Å². The second-order valence-corrected chi connectivity index (χ2v) is 12.2. The summed E-state index contributed by atoms with van der Waals surface area (Å²) < 4.78 is 7.16. The molecule has 0 radical (unpaired) electrons. The van der Waals surface area contributed by atoms with E-state index >= 15 is 0 Å². The smallest absolute Gasteiger partial charge is 0.189 e. The molecular weight excluding hydrogens is 468 g/mol. The standard InChI is InChI=1S/C25H36N4O3S2/c1-13(2)8-18-17-12-32-25(5,6)9-16(17)19-20-21(34-23(19)26-18)22(28-24(27-20)33-7)29(10-14(3)30)11-15(4)31/h13-15,30-31H,8-12H2,1-7H3/t14-,15-/m0/s1. The van der Waals surface area contributed by atoms with E-state index in [1.165, 1.54) is 22.9 Å². The third-order valence-corrected chi connectivity index (χ3v) is 7.61. The molecule has 4 heterocycles. The van der Waals surface area contributed by atoms with Crippen LogP contribution in [0.4, 0.5) is 5.82 Å². The van der Waals surface area contributed by atoms with Crippen molar-refractivity contribution in [2.24, 2.45) is 5.92 Å². The molecule has 0 saturated heterocycles. The van der Waals surface area contributed by atoms with E-state index in [0.717, 1.165) is 44.8 Å². The highest BCUT2D eigenvalue weighted by Crippen LogP contribution is 2.44. The van der Waals surface area contributed by atoms with Crippen LogP contribution in [0.5, 0.6) is 0 Å². The molecule has 4 rings (SSSR count). The number of ether oxygens (including phenoxy) is 1. The number of hydrogen-bond donors (Lipinski definition) is 2. The highest BCUT2D eigenvalue weighted by Gasteiger charge is 2.32. The van der Waals surface area contributed by atoms with Crippen molar-refractivity contribution in [3.63, 3.8) is 0 Å². The highest BCUT2D eigenvalue weighted by molar-refractivity contribution is 7.98. The van der Waals surface area contributed by atoms with Crippen molar-refractivity contribution in [1.82, 2.24) is 15.0 Å². The SMILES string of the molecule is CSc1nc(N(C[C@H](C)O)C[C@H](C)O)c2sc3nc(CC(C)C)c4c(c3c2n1)CC(C)(C)OC4. The monoisotopic (exact) mass is 504 g/mol. The minimum absolute atomic E-state index is 0.256. The van der Waals surface area contributed by atoms with Crippen LogP contribution >= 0.6 is 23.1 Å². The van der Waals surface area contributed by atoms with Gasteiger partial charge in [0.15, 0.2) is 11.0 Å². The van der Waals surface area contributed by atoms with Crippen LogP contribution in [0, 0.1) is 5.92 Å². The van der Waals surface area contributed by atoms with Crippen LogP contribution in [0.15, 0.2) is 5.16 Å². The van der Waals surface area contributed by atoms with Crippen LogP contribution in [0.25, 0.3) is 20.4 Å². The zero-order valence-electron chi connectivity index (χ0n) is 21.2. The first-order valence-corrected chi connectivity index (χ1v) is 14.0. The van der Waals surface area contributed by atoms with Crippen molar-refractivity contribution in [2.45, 2.75) is 84.0 Å². The number of thioether (sulfide) groups is 1. The molecule has 1 aliphatic heterocycles. The van der Waals surface area contributed by atoms with E-state index in [1.807, 2.05) is 11.2 Å². The lowest BCUT2D eigenvalue weighted by atomic mass is 9.88. The largest absolute Gasteiger partial charge is 0.392 e. The molecule has 2 atom stereocenters. The number of nitrogens with zero attached hydrogens (tertiary/aromatic N) is 4. The molecule has 3 aromatic heterocycles. The van der Waals surface area contributed by atoms with Crippen LogP contribution in [0.1, 0.15) is 58.4 Å². The summed E-state index contributed by atoms with van der Waals surface area (Å²) in [5.74, 6) is 1.24. The Morgan fingerprint density at radius 3 is 2.32 bits per heavy atom. The van der Waals surface area contributed by atoms with Gasteiger partial charge in [0.2, 0.25) is 0 Å². The number of aliphatic hydroxyl groups excluding tert-OH is 2. The van der Waals surface area contributed by atoms with Crippen molar-refractivity contribution in [3.05, 3.63) is 16.8 Å². The normalized spacial score (nSPS) is 17.4. The Bertz CT molecular complexity index is 1180. The van der Waals surface area contributed by atoms with E-state index in [9.17, 15) is 10.2 Å². The van der Waals surface area contributed by atoms with Gasteiger partial charge in [-0.25, -0.2) is 15.0 Å². The van der Waals surface area contributed by atoms with Gasteiger partial charge in [0.05, 0.1) is 34.6 Å². The zero-order valence-corrected chi connectivity index (χ0v) is 22.8. The number of thiophene rings is 1. The number of aliphatic hydroxyl groups is 2. The Morgan fingerprint density at radius 2 is 1.74 bits per heavy atom. The first kappa shape index (κ1) is 25.6. The fraction of sp³-hybridized carbons (Fsp3) is 0.640. The van der Waals surface area contributed by atoms with Crippen LogP contribution in [0.3, 0.4) is 0 Å². The van der Waals surface area contributed by atoms with Crippen LogP contribution in [-0.4, -0.2) is 62.3 Å². The van der Waals surface area contributed by atoms with E-state index in [-0.39, 0.29) is 5.60 Å². The Kier molecular flexibility index (Phi) is 7.41. The van der Waals surface area contributed by atoms with Gasteiger partial charge in [-0.3, -0.25) is 0 Å². The summed E-state index contributed by atoms with van der Waals surface area (Å²) in [7, 11) is 0. The molecule has 0 spiro atoms. The molecule has 0 aliphatic carbocycles. The van der Waals surface area contributed by atoms with Gasteiger partial charge in [-0.15, -0.1) is 11.3 Å². The van der Waals surface area contributed by atoms with E-state index in [4.69, 9.17) is 19.7 Å². The number of hydrogen-bond acceptors (Lipinski definition) is 9. The third-order valence-electron chi connectivity index (χ3n) is 5.99. The molecular formula is C25H36N4O3S2. The highest BCUT2D eigenvalue weighted by atomic mass is 32.2. The van der Waals surface area contributed by atoms with Gasteiger partial charge in [-0.2, -0.15) is 0 Å². The zero-order chi connectivity index (χ0) is 24.8. The van der Waals surface area contributed by atoms with Gasteiger partial charge in [0.1, 0.15) is 4.83 Å². The van der Waals surface area contributed by atoms with Gasteiger partial charge < -0.3 is 19.8 Å². The molecule has 3 aromatic rings. The minimum atomic E-state index is -0.558. The van der Waals surface area contributed by atoms with Gasteiger partial charge in [-0.1, -0.05) is 25.6 Å². The minimum Gasteiger partial charge on any atom is -0.392 e. The van der Waals surface area contributed by atoms with E-state index in [0.29, 0.717) is 30.8 Å². The van der Waals surface area contributed by atoms with Crippen LogP contribution in [-0.2, 0) is 24.2 Å². The van der Waals surface area contributed by atoms with Gasteiger partial charge in [0, 0.05) is 36.2 Å². The summed E-state index contributed by atoms with van der Waals surface area (Å²) >= 11 is 3.11. The fourth-order valence-electron chi connectivity index (χ4n) is 4.65. The molecule has 34 heavy (non-hydrogen) atoms. The summed E-state index contributed by atoms with van der Waals surface area (Å²) in [6, 6.07) is 0. The summed E-state index contributed by atoms with van der Waals surface area (Å²) in [4.78, 5) is 17.9. The van der Waals surface area contributed by atoms with Crippen LogP contribution < -0.4 is 4.90 Å².